The number of methoxy groups -OCH3 is 1. The number of thiophene rings is 1. The molecule has 1 spiro atoms. The van der Waals surface area contributed by atoms with Gasteiger partial charge < -0.3 is 15.4 Å². The summed E-state index contributed by atoms with van der Waals surface area (Å²) in [5.41, 5.74) is 0.544. The number of ether oxygens (including phenoxy) is 1. The summed E-state index contributed by atoms with van der Waals surface area (Å²) >= 11 is 1.19. The standard InChI is InChI=1S/C19H17N5O4S/c1-9-6-11(17(26)24-13(9)15(25)23-19(24)4-3-5-19)22-14-10-7-12(18(27)28-2)29-16(10)21-8-20-14/h6-8H,3-5H2,1-2H3,(H,23,25)(H,20,21,22). The first-order valence-corrected chi connectivity index (χ1v) is 9.95. The molecule has 29 heavy (non-hydrogen) atoms. The van der Waals surface area contributed by atoms with Crippen LogP contribution in [0.2, 0.25) is 0 Å². The predicted molar refractivity (Wildman–Crippen MR) is 107 cm³/mol. The molecule has 0 aromatic carbocycles. The number of hydrogen-bond donors (Lipinski definition) is 2. The third kappa shape index (κ3) is 2.48. The summed E-state index contributed by atoms with van der Waals surface area (Å²) in [6.07, 6.45) is 3.80. The quantitative estimate of drug-likeness (QED) is 0.635. The number of rotatable bonds is 3. The third-order valence-corrected chi connectivity index (χ3v) is 6.55. The molecule has 2 aliphatic rings. The minimum absolute atomic E-state index is 0.212. The maximum atomic E-state index is 13.3. The number of nitrogens with zero attached hydrogens (tertiary/aromatic N) is 3. The summed E-state index contributed by atoms with van der Waals surface area (Å²) in [4.78, 5) is 47.0. The number of anilines is 2. The van der Waals surface area contributed by atoms with Crippen LogP contribution >= 0.6 is 11.3 Å². The van der Waals surface area contributed by atoms with Gasteiger partial charge >= 0.3 is 5.97 Å². The Labute approximate surface area is 168 Å². The Bertz CT molecular complexity index is 1260. The molecule has 0 unspecified atom stereocenters. The van der Waals surface area contributed by atoms with Gasteiger partial charge in [-0.05, 0) is 43.9 Å². The molecule has 3 aromatic heterocycles. The predicted octanol–water partition coefficient (Wildman–Crippen LogP) is 2.27. The van der Waals surface area contributed by atoms with E-state index in [0.29, 0.717) is 37.9 Å². The van der Waals surface area contributed by atoms with E-state index in [1.54, 1.807) is 16.7 Å². The van der Waals surface area contributed by atoms with Gasteiger partial charge in [-0.3, -0.25) is 14.2 Å². The lowest BCUT2D eigenvalue weighted by atomic mass is 9.85. The highest BCUT2D eigenvalue weighted by Gasteiger charge is 2.48. The highest BCUT2D eigenvalue weighted by molar-refractivity contribution is 7.20. The van der Waals surface area contributed by atoms with Crippen LogP contribution < -0.4 is 16.2 Å². The Morgan fingerprint density at radius 3 is 2.79 bits per heavy atom. The van der Waals surface area contributed by atoms with Crippen LogP contribution in [-0.2, 0) is 10.4 Å². The SMILES string of the molecule is COC(=O)c1cc2c(Nc3cc(C)c4n(c3=O)C3(CCC3)NC4=O)ncnc2s1. The van der Waals surface area contributed by atoms with Crippen molar-refractivity contribution in [1.29, 1.82) is 0 Å². The Kier molecular flexibility index (Phi) is 3.75. The second-order valence-corrected chi connectivity index (χ2v) is 8.27. The smallest absolute Gasteiger partial charge is 0.348 e. The summed E-state index contributed by atoms with van der Waals surface area (Å²) < 4.78 is 6.36. The first-order chi connectivity index (χ1) is 13.9. The summed E-state index contributed by atoms with van der Waals surface area (Å²) in [6, 6.07) is 3.30. The largest absolute Gasteiger partial charge is 0.465 e. The van der Waals surface area contributed by atoms with Crippen molar-refractivity contribution in [3.8, 4) is 0 Å². The first kappa shape index (κ1) is 17.8. The van der Waals surface area contributed by atoms with Crippen LogP contribution in [0.1, 0.15) is 45.0 Å². The molecule has 1 aliphatic heterocycles. The number of carbonyl (C=O) groups is 2. The van der Waals surface area contributed by atoms with E-state index in [-0.39, 0.29) is 11.5 Å². The van der Waals surface area contributed by atoms with Gasteiger partial charge in [-0.15, -0.1) is 11.3 Å². The van der Waals surface area contributed by atoms with Gasteiger partial charge in [-0.1, -0.05) is 0 Å². The molecule has 1 aliphatic carbocycles. The number of nitrogens with one attached hydrogen (secondary N) is 2. The van der Waals surface area contributed by atoms with Gasteiger partial charge in [0.2, 0.25) is 0 Å². The summed E-state index contributed by atoms with van der Waals surface area (Å²) in [6.45, 7) is 1.81. The third-order valence-electron chi connectivity index (χ3n) is 5.53. The minimum Gasteiger partial charge on any atom is -0.465 e. The van der Waals surface area contributed by atoms with Gasteiger partial charge in [0.05, 0.1) is 12.5 Å². The zero-order chi connectivity index (χ0) is 20.3. The highest BCUT2D eigenvalue weighted by atomic mass is 32.1. The van der Waals surface area contributed by atoms with Gasteiger partial charge in [-0.2, -0.15) is 0 Å². The van der Waals surface area contributed by atoms with Crippen molar-refractivity contribution in [3.63, 3.8) is 0 Å². The number of aromatic nitrogens is 3. The van der Waals surface area contributed by atoms with Crippen molar-refractivity contribution < 1.29 is 14.3 Å². The molecule has 9 nitrogen and oxygen atoms in total. The molecule has 10 heteroatoms. The van der Waals surface area contributed by atoms with Crippen molar-refractivity contribution in [2.24, 2.45) is 0 Å². The molecule has 148 valence electrons. The lowest BCUT2D eigenvalue weighted by molar-refractivity contribution is 0.0606. The second kappa shape index (κ2) is 6.11. The summed E-state index contributed by atoms with van der Waals surface area (Å²) in [5, 5.41) is 6.68. The van der Waals surface area contributed by atoms with E-state index in [2.05, 4.69) is 20.6 Å². The lowest BCUT2D eigenvalue weighted by Crippen LogP contribution is -2.52. The fourth-order valence-electron chi connectivity index (χ4n) is 3.99. The number of carbonyl (C=O) groups excluding carboxylic acids is 2. The molecule has 1 saturated carbocycles. The monoisotopic (exact) mass is 411 g/mol. The molecule has 3 aromatic rings. The van der Waals surface area contributed by atoms with Crippen LogP contribution in [0.3, 0.4) is 0 Å². The van der Waals surface area contributed by atoms with Crippen LogP contribution in [0.15, 0.2) is 23.3 Å². The highest BCUT2D eigenvalue weighted by Crippen LogP contribution is 2.41. The molecule has 0 atom stereocenters. The van der Waals surface area contributed by atoms with Crippen molar-refractivity contribution >= 4 is 44.9 Å². The zero-order valence-corrected chi connectivity index (χ0v) is 16.6. The molecular weight excluding hydrogens is 394 g/mol. The van der Waals surface area contributed by atoms with Gasteiger partial charge in [0.1, 0.15) is 38.9 Å². The van der Waals surface area contributed by atoms with Crippen LogP contribution in [0, 0.1) is 6.92 Å². The van der Waals surface area contributed by atoms with Crippen molar-refractivity contribution in [2.45, 2.75) is 31.8 Å². The number of amides is 1. The zero-order valence-electron chi connectivity index (χ0n) is 15.7. The average Bonchev–Trinajstić information content (AvgIpc) is 3.25. The van der Waals surface area contributed by atoms with E-state index >= 15 is 0 Å². The van der Waals surface area contributed by atoms with E-state index in [9.17, 15) is 14.4 Å². The Hall–Kier alpha value is -3.27. The van der Waals surface area contributed by atoms with Crippen LogP contribution in [-0.4, -0.2) is 33.5 Å². The molecule has 0 radical (unpaired) electrons. The molecular formula is C19H17N5O4S. The van der Waals surface area contributed by atoms with Gasteiger partial charge in [-0.25, -0.2) is 14.8 Å². The molecule has 0 bridgehead atoms. The second-order valence-electron chi connectivity index (χ2n) is 7.24. The minimum atomic E-state index is -0.618. The van der Waals surface area contributed by atoms with Crippen molar-refractivity contribution in [3.05, 3.63) is 44.9 Å². The van der Waals surface area contributed by atoms with Gasteiger partial charge in [0, 0.05) is 0 Å². The Balaban J connectivity index is 1.62. The van der Waals surface area contributed by atoms with E-state index < -0.39 is 11.6 Å². The van der Waals surface area contributed by atoms with E-state index in [1.165, 1.54) is 24.8 Å². The molecule has 1 amide bonds. The number of fused-ring (bicyclic) bond motifs is 3. The van der Waals surface area contributed by atoms with Gasteiger partial charge in [0.15, 0.2) is 0 Å². The fourth-order valence-corrected chi connectivity index (χ4v) is 4.91. The topological polar surface area (TPSA) is 115 Å². The molecule has 4 heterocycles. The number of aryl methyl sites for hydroxylation is 1. The van der Waals surface area contributed by atoms with Gasteiger partial charge in [0.25, 0.3) is 11.5 Å². The Morgan fingerprint density at radius 2 is 2.10 bits per heavy atom. The Morgan fingerprint density at radius 1 is 1.31 bits per heavy atom. The molecule has 1 fully saturated rings. The molecule has 0 saturated heterocycles. The number of hydrogen-bond acceptors (Lipinski definition) is 8. The van der Waals surface area contributed by atoms with Crippen LogP contribution in [0.4, 0.5) is 11.5 Å². The summed E-state index contributed by atoms with van der Waals surface area (Å²) in [7, 11) is 1.32. The number of pyridine rings is 1. The lowest BCUT2D eigenvalue weighted by Gasteiger charge is -2.39. The first-order valence-electron chi connectivity index (χ1n) is 9.13. The maximum Gasteiger partial charge on any atom is 0.348 e. The molecule has 5 rings (SSSR count). The average molecular weight is 411 g/mol. The van der Waals surface area contributed by atoms with Crippen molar-refractivity contribution in [1.82, 2.24) is 19.9 Å². The fraction of sp³-hybridized carbons (Fsp3) is 0.316. The van der Waals surface area contributed by atoms with Crippen LogP contribution in [0.5, 0.6) is 0 Å². The number of esters is 1. The molecule has 2 N–H and O–H groups in total. The van der Waals surface area contributed by atoms with E-state index in [4.69, 9.17) is 4.74 Å². The maximum absolute atomic E-state index is 13.3. The normalized spacial score (nSPS) is 16.4. The van der Waals surface area contributed by atoms with E-state index in [1.807, 2.05) is 6.92 Å². The van der Waals surface area contributed by atoms with Crippen molar-refractivity contribution in [2.75, 3.05) is 12.4 Å². The van der Waals surface area contributed by atoms with Crippen LogP contribution in [0.25, 0.3) is 10.2 Å². The summed E-state index contributed by atoms with van der Waals surface area (Å²) in [5.74, 6) is -0.252. The van der Waals surface area contributed by atoms with E-state index in [0.717, 1.165) is 19.3 Å².